The van der Waals surface area contributed by atoms with E-state index < -0.39 is 0 Å². The van der Waals surface area contributed by atoms with Crippen molar-refractivity contribution in [2.75, 3.05) is 19.0 Å². The Morgan fingerprint density at radius 2 is 1.77 bits per heavy atom. The first-order valence-electron chi connectivity index (χ1n) is 10.0. The molecular formula is C26H22FN3O. The molecule has 0 unspecified atom stereocenters. The molecule has 154 valence electrons. The number of fused-ring (bicyclic) bond motifs is 1. The van der Waals surface area contributed by atoms with E-state index in [-0.39, 0.29) is 5.82 Å². The number of nitrogens with one attached hydrogen (secondary N) is 1. The highest BCUT2D eigenvalue weighted by molar-refractivity contribution is 5.92. The monoisotopic (exact) mass is 411 g/mol. The Labute approximate surface area is 181 Å². The lowest BCUT2D eigenvalue weighted by Gasteiger charge is -2.09. The normalized spacial score (nSPS) is 10.5. The summed E-state index contributed by atoms with van der Waals surface area (Å²) < 4.78 is 18.5. The standard InChI is InChI=1S/C26H22FN3O/c1-31-17-22-8-3-2-6-19(22)7-4-5-15-28-26-24-16-21(11-14-25(24)29-18-30-26)20-9-12-23(27)13-10-20/h2-3,6,8-14,16,18H,5,15,17H2,1H3,(H,28,29,30). The summed E-state index contributed by atoms with van der Waals surface area (Å²) in [6.45, 7) is 1.21. The minimum Gasteiger partial charge on any atom is -0.380 e. The average Bonchev–Trinajstić information content (AvgIpc) is 2.80. The van der Waals surface area contributed by atoms with Crippen molar-refractivity contribution in [2.24, 2.45) is 0 Å². The summed E-state index contributed by atoms with van der Waals surface area (Å²) in [5, 5.41) is 4.28. The number of halogens is 1. The second kappa shape index (κ2) is 9.84. The average molecular weight is 411 g/mol. The number of nitrogens with zero attached hydrogens (tertiary/aromatic N) is 2. The Kier molecular flexibility index (Phi) is 6.51. The predicted octanol–water partition coefficient (Wildman–Crippen LogP) is 5.44. The summed E-state index contributed by atoms with van der Waals surface area (Å²) in [5.41, 5.74) is 4.85. The molecule has 0 aliphatic heterocycles. The molecule has 31 heavy (non-hydrogen) atoms. The topological polar surface area (TPSA) is 47.0 Å². The Hall–Kier alpha value is -3.75. The van der Waals surface area contributed by atoms with Crippen LogP contribution in [0.5, 0.6) is 0 Å². The molecule has 0 saturated carbocycles. The predicted molar refractivity (Wildman–Crippen MR) is 122 cm³/mol. The van der Waals surface area contributed by atoms with Gasteiger partial charge in [-0.25, -0.2) is 14.4 Å². The number of ether oxygens (including phenoxy) is 1. The van der Waals surface area contributed by atoms with Crippen LogP contribution < -0.4 is 5.32 Å². The molecule has 0 aliphatic carbocycles. The van der Waals surface area contributed by atoms with E-state index in [9.17, 15) is 4.39 Å². The van der Waals surface area contributed by atoms with Crippen LogP contribution in [0.2, 0.25) is 0 Å². The molecule has 4 rings (SSSR count). The summed E-state index contributed by atoms with van der Waals surface area (Å²) in [7, 11) is 1.68. The second-order valence-corrected chi connectivity index (χ2v) is 7.03. The van der Waals surface area contributed by atoms with Gasteiger partial charge in [0, 0.05) is 31.0 Å². The summed E-state index contributed by atoms with van der Waals surface area (Å²) in [6.07, 6.45) is 2.22. The first-order chi connectivity index (χ1) is 15.2. The van der Waals surface area contributed by atoms with E-state index in [4.69, 9.17) is 4.74 Å². The molecule has 0 spiro atoms. The fourth-order valence-corrected chi connectivity index (χ4v) is 3.34. The Morgan fingerprint density at radius 1 is 0.968 bits per heavy atom. The number of benzene rings is 3. The van der Waals surface area contributed by atoms with Gasteiger partial charge in [-0.2, -0.15) is 0 Å². The van der Waals surface area contributed by atoms with Gasteiger partial charge in [0.15, 0.2) is 0 Å². The molecule has 0 amide bonds. The summed E-state index contributed by atoms with van der Waals surface area (Å²) in [5.74, 6) is 6.95. The number of rotatable bonds is 6. The van der Waals surface area contributed by atoms with E-state index >= 15 is 0 Å². The Morgan fingerprint density at radius 3 is 2.61 bits per heavy atom. The second-order valence-electron chi connectivity index (χ2n) is 7.03. The molecule has 1 aromatic heterocycles. The van der Waals surface area contributed by atoms with Crippen LogP contribution in [-0.4, -0.2) is 23.6 Å². The molecule has 0 aliphatic rings. The van der Waals surface area contributed by atoms with Crippen molar-refractivity contribution >= 4 is 16.7 Å². The van der Waals surface area contributed by atoms with Crippen LogP contribution in [-0.2, 0) is 11.3 Å². The fourth-order valence-electron chi connectivity index (χ4n) is 3.34. The van der Waals surface area contributed by atoms with Gasteiger partial charge in [0.1, 0.15) is 18.0 Å². The highest BCUT2D eigenvalue weighted by atomic mass is 19.1. The van der Waals surface area contributed by atoms with Crippen molar-refractivity contribution in [2.45, 2.75) is 13.0 Å². The highest BCUT2D eigenvalue weighted by Crippen LogP contribution is 2.27. The molecule has 0 bridgehead atoms. The van der Waals surface area contributed by atoms with E-state index in [0.717, 1.165) is 39.0 Å². The van der Waals surface area contributed by atoms with E-state index in [1.165, 1.54) is 12.1 Å². The van der Waals surface area contributed by atoms with Gasteiger partial charge in [-0.15, -0.1) is 0 Å². The quantitative estimate of drug-likeness (QED) is 0.339. The molecule has 4 nitrogen and oxygen atoms in total. The van der Waals surface area contributed by atoms with E-state index in [1.807, 2.05) is 42.5 Å². The highest BCUT2D eigenvalue weighted by Gasteiger charge is 2.06. The van der Waals surface area contributed by atoms with E-state index in [0.29, 0.717) is 19.6 Å². The molecule has 1 N–H and O–H groups in total. The molecule has 4 aromatic rings. The zero-order valence-corrected chi connectivity index (χ0v) is 17.2. The summed E-state index contributed by atoms with van der Waals surface area (Å²) in [4.78, 5) is 8.75. The summed E-state index contributed by atoms with van der Waals surface area (Å²) >= 11 is 0. The van der Waals surface area contributed by atoms with Gasteiger partial charge in [0.2, 0.25) is 0 Å². The number of hydrogen-bond acceptors (Lipinski definition) is 4. The van der Waals surface area contributed by atoms with Crippen LogP contribution in [0, 0.1) is 17.7 Å². The molecule has 1 heterocycles. The van der Waals surface area contributed by atoms with Crippen LogP contribution in [0.15, 0.2) is 73.1 Å². The smallest absolute Gasteiger partial charge is 0.137 e. The fraction of sp³-hybridized carbons (Fsp3) is 0.154. The van der Waals surface area contributed by atoms with Gasteiger partial charge in [0.05, 0.1) is 12.1 Å². The molecule has 0 saturated heterocycles. The van der Waals surface area contributed by atoms with Crippen LogP contribution >= 0.6 is 0 Å². The van der Waals surface area contributed by atoms with Gasteiger partial charge >= 0.3 is 0 Å². The van der Waals surface area contributed by atoms with Crippen LogP contribution in [0.1, 0.15) is 17.5 Å². The lowest BCUT2D eigenvalue weighted by Crippen LogP contribution is -2.03. The Balaban J connectivity index is 1.48. The zero-order chi connectivity index (χ0) is 21.5. The van der Waals surface area contributed by atoms with Crippen molar-refractivity contribution in [3.05, 3.63) is 90.0 Å². The Bertz CT molecular complexity index is 1240. The van der Waals surface area contributed by atoms with Crippen molar-refractivity contribution < 1.29 is 9.13 Å². The summed E-state index contributed by atoms with van der Waals surface area (Å²) in [6, 6.07) is 20.4. The van der Waals surface area contributed by atoms with Crippen molar-refractivity contribution in [1.82, 2.24) is 9.97 Å². The van der Waals surface area contributed by atoms with Crippen LogP contribution in [0.3, 0.4) is 0 Å². The van der Waals surface area contributed by atoms with E-state index in [1.54, 1.807) is 25.6 Å². The van der Waals surface area contributed by atoms with Crippen LogP contribution in [0.25, 0.3) is 22.0 Å². The zero-order valence-electron chi connectivity index (χ0n) is 17.2. The maximum absolute atomic E-state index is 13.2. The van der Waals surface area contributed by atoms with Crippen molar-refractivity contribution in [3.63, 3.8) is 0 Å². The molecule has 3 aromatic carbocycles. The van der Waals surface area contributed by atoms with Gasteiger partial charge in [-0.1, -0.05) is 48.2 Å². The van der Waals surface area contributed by atoms with Gasteiger partial charge in [-0.3, -0.25) is 0 Å². The van der Waals surface area contributed by atoms with Gasteiger partial charge in [0.25, 0.3) is 0 Å². The molecule has 5 heteroatoms. The van der Waals surface area contributed by atoms with E-state index in [2.05, 4.69) is 27.1 Å². The number of anilines is 1. The number of methoxy groups -OCH3 is 1. The minimum atomic E-state index is -0.249. The first-order valence-corrected chi connectivity index (χ1v) is 10.0. The molecule has 0 fully saturated rings. The molecule has 0 atom stereocenters. The maximum Gasteiger partial charge on any atom is 0.137 e. The third kappa shape index (κ3) is 5.06. The lowest BCUT2D eigenvalue weighted by molar-refractivity contribution is 0.184. The number of aromatic nitrogens is 2. The number of hydrogen-bond donors (Lipinski definition) is 1. The van der Waals surface area contributed by atoms with Gasteiger partial charge < -0.3 is 10.1 Å². The largest absolute Gasteiger partial charge is 0.380 e. The minimum absolute atomic E-state index is 0.249. The molecule has 0 radical (unpaired) electrons. The SMILES string of the molecule is COCc1ccccc1C#CCCNc1ncnc2ccc(-c3ccc(F)cc3)cc12. The maximum atomic E-state index is 13.2. The third-order valence-electron chi connectivity index (χ3n) is 4.90. The van der Waals surface area contributed by atoms with Gasteiger partial charge in [-0.05, 0) is 47.0 Å². The molecular weight excluding hydrogens is 389 g/mol. The lowest BCUT2D eigenvalue weighted by atomic mass is 10.0. The van der Waals surface area contributed by atoms with Crippen molar-refractivity contribution in [1.29, 1.82) is 0 Å². The first kappa shape index (κ1) is 20.5. The van der Waals surface area contributed by atoms with Crippen LogP contribution in [0.4, 0.5) is 10.2 Å². The third-order valence-corrected chi connectivity index (χ3v) is 4.90. The van der Waals surface area contributed by atoms with Crippen molar-refractivity contribution in [3.8, 4) is 23.0 Å².